The standard InChI is InChI=1S/C14H14F4O/c15-11-4-3-10(7-12(11)16)13(19)6-9-2-1-5-14(17,18)8-9/h3-4,7,9H,1-2,5-6,8H2. The summed E-state index contributed by atoms with van der Waals surface area (Å²) < 4.78 is 52.1. The molecule has 0 radical (unpaired) electrons. The van der Waals surface area contributed by atoms with Crippen LogP contribution in [0.4, 0.5) is 17.6 Å². The summed E-state index contributed by atoms with van der Waals surface area (Å²) in [6, 6.07) is 2.87. The van der Waals surface area contributed by atoms with Crippen LogP contribution in [-0.4, -0.2) is 11.7 Å². The molecule has 1 fully saturated rings. The molecule has 0 amide bonds. The molecule has 0 aromatic heterocycles. The zero-order valence-electron chi connectivity index (χ0n) is 10.3. The van der Waals surface area contributed by atoms with Crippen LogP contribution in [0.5, 0.6) is 0 Å². The lowest BCUT2D eigenvalue weighted by Crippen LogP contribution is -2.27. The largest absolute Gasteiger partial charge is 0.294 e. The SMILES string of the molecule is O=C(CC1CCCC(F)(F)C1)c1ccc(F)c(F)c1. The molecule has 19 heavy (non-hydrogen) atoms. The van der Waals surface area contributed by atoms with Crippen LogP contribution in [0.2, 0.25) is 0 Å². The van der Waals surface area contributed by atoms with Crippen molar-refractivity contribution in [3.8, 4) is 0 Å². The molecule has 1 saturated carbocycles. The van der Waals surface area contributed by atoms with E-state index in [4.69, 9.17) is 0 Å². The Kier molecular flexibility index (Phi) is 3.92. The minimum absolute atomic E-state index is 0.0350. The molecule has 1 aliphatic rings. The predicted octanol–water partition coefficient (Wildman–Crippen LogP) is 4.36. The highest BCUT2D eigenvalue weighted by atomic mass is 19.3. The third kappa shape index (κ3) is 3.55. The van der Waals surface area contributed by atoms with E-state index in [9.17, 15) is 22.4 Å². The zero-order chi connectivity index (χ0) is 14.0. The average Bonchev–Trinajstić information content (AvgIpc) is 2.31. The Labute approximate surface area is 108 Å². The fourth-order valence-electron chi connectivity index (χ4n) is 2.50. The Morgan fingerprint density at radius 1 is 1.26 bits per heavy atom. The number of halogens is 4. The maximum Gasteiger partial charge on any atom is 0.248 e. The number of carbonyl (C=O) groups excluding carboxylic acids is 1. The van der Waals surface area contributed by atoms with Gasteiger partial charge in [-0.25, -0.2) is 17.6 Å². The Balaban J connectivity index is 2.02. The zero-order valence-corrected chi connectivity index (χ0v) is 10.3. The molecule has 104 valence electrons. The molecule has 0 bridgehead atoms. The third-order valence-electron chi connectivity index (χ3n) is 3.46. The van der Waals surface area contributed by atoms with Gasteiger partial charge in [-0.05, 0) is 37.0 Å². The topological polar surface area (TPSA) is 17.1 Å². The minimum Gasteiger partial charge on any atom is -0.294 e. The monoisotopic (exact) mass is 274 g/mol. The van der Waals surface area contributed by atoms with E-state index in [0.717, 1.165) is 12.1 Å². The first-order chi connectivity index (χ1) is 8.87. The summed E-state index contributed by atoms with van der Waals surface area (Å²) in [4.78, 5) is 11.9. The number of alkyl halides is 2. The van der Waals surface area contributed by atoms with Gasteiger partial charge >= 0.3 is 0 Å². The Morgan fingerprint density at radius 3 is 2.63 bits per heavy atom. The fraction of sp³-hybridized carbons (Fsp3) is 0.500. The van der Waals surface area contributed by atoms with Crippen LogP contribution >= 0.6 is 0 Å². The molecule has 1 nitrogen and oxygen atoms in total. The quantitative estimate of drug-likeness (QED) is 0.591. The second-order valence-electron chi connectivity index (χ2n) is 5.07. The van der Waals surface area contributed by atoms with Crippen molar-refractivity contribution in [2.45, 2.75) is 38.0 Å². The van der Waals surface area contributed by atoms with Crippen molar-refractivity contribution < 1.29 is 22.4 Å². The molecule has 1 aromatic rings. The van der Waals surface area contributed by atoms with Gasteiger partial charge < -0.3 is 0 Å². The number of Topliss-reactive ketones (excluding diaryl/α,β-unsaturated/α-hetero) is 1. The second kappa shape index (κ2) is 5.31. The lowest BCUT2D eigenvalue weighted by molar-refractivity contribution is -0.0521. The van der Waals surface area contributed by atoms with Crippen molar-refractivity contribution in [1.82, 2.24) is 0 Å². The third-order valence-corrected chi connectivity index (χ3v) is 3.46. The van der Waals surface area contributed by atoms with E-state index in [0.29, 0.717) is 12.8 Å². The van der Waals surface area contributed by atoms with Crippen LogP contribution in [0, 0.1) is 17.6 Å². The molecule has 0 saturated heterocycles. The van der Waals surface area contributed by atoms with Crippen molar-refractivity contribution in [3.63, 3.8) is 0 Å². The van der Waals surface area contributed by atoms with Gasteiger partial charge in [0.1, 0.15) is 0 Å². The van der Waals surface area contributed by atoms with Crippen molar-refractivity contribution in [1.29, 1.82) is 0 Å². The number of ketones is 1. The van der Waals surface area contributed by atoms with E-state index in [1.807, 2.05) is 0 Å². The Morgan fingerprint density at radius 2 is 2.00 bits per heavy atom. The van der Waals surface area contributed by atoms with Gasteiger partial charge in [-0.3, -0.25) is 4.79 Å². The van der Waals surface area contributed by atoms with Crippen molar-refractivity contribution >= 4 is 5.78 Å². The fourth-order valence-corrected chi connectivity index (χ4v) is 2.50. The van der Waals surface area contributed by atoms with Gasteiger partial charge in [-0.1, -0.05) is 0 Å². The summed E-state index contributed by atoms with van der Waals surface area (Å²) in [5, 5.41) is 0. The van der Waals surface area contributed by atoms with Gasteiger partial charge in [-0.15, -0.1) is 0 Å². The smallest absolute Gasteiger partial charge is 0.248 e. The van der Waals surface area contributed by atoms with Crippen LogP contribution in [0.1, 0.15) is 42.5 Å². The normalized spacial score (nSPS) is 22.2. The van der Waals surface area contributed by atoms with Crippen molar-refractivity contribution in [3.05, 3.63) is 35.4 Å². The first kappa shape index (κ1) is 14.0. The molecule has 1 aromatic carbocycles. The van der Waals surface area contributed by atoms with Crippen LogP contribution in [0.3, 0.4) is 0 Å². The van der Waals surface area contributed by atoms with Gasteiger partial charge in [-0.2, -0.15) is 0 Å². The number of hydrogen-bond acceptors (Lipinski definition) is 1. The van der Waals surface area contributed by atoms with Crippen molar-refractivity contribution in [2.75, 3.05) is 0 Å². The first-order valence-electron chi connectivity index (χ1n) is 6.23. The second-order valence-corrected chi connectivity index (χ2v) is 5.07. The molecule has 1 aliphatic carbocycles. The highest BCUT2D eigenvalue weighted by molar-refractivity contribution is 5.96. The molecular weight excluding hydrogens is 260 g/mol. The number of benzene rings is 1. The van der Waals surface area contributed by atoms with Gasteiger partial charge in [0.2, 0.25) is 5.92 Å². The van der Waals surface area contributed by atoms with Gasteiger partial charge in [0, 0.05) is 24.8 Å². The summed E-state index contributed by atoms with van der Waals surface area (Å²) in [6.07, 6.45) is 0.486. The summed E-state index contributed by atoms with van der Waals surface area (Å²) in [6.45, 7) is 0. The lowest BCUT2D eigenvalue weighted by Gasteiger charge is -2.28. The molecule has 1 atom stereocenters. The van der Waals surface area contributed by atoms with E-state index >= 15 is 0 Å². The average molecular weight is 274 g/mol. The Hall–Kier alpha value is -1.39. The lowest BCUT2D eigenvalue weighted by atomic mass is 9.82. The van der Waals surface area contributed by atoms with Crippen LogP contribution in [0.25, 0.3) is 0 Å². The molecule has 0 spiro atoms. The number of rotatable bonds is 3. The minimum atomic E-state index is -2.71. The highest BCUT2D eigenvalue weighted by Crippen LogP contribution is 2.38. The molecule has 0 N–H and O–H groups in total. The van der Waals surface area contributed by atoms with Crippen LogP contribution < -0.4 is 0 Å². The predicted molar refractivity (Wildman–Crippen MR) is 62.2 cm³/mol. The molecule has 0 heterocycles. The summed E-state index contributed by atoms with van der Waals surface area (Å²) in [5.74, 6) is -5.64. The van der Waals surface area contributed by atoms with Crippen LogP contribution in [-0.2, 0) is 0 Å². The summed E-state index contributed by atoms with van der Waals surface area (Å²) in [5.41, 5.74) is 0.0350. The van der Waals surface area contributed by atoms with E-state index in [1.54, 1.807) is 0 Å². The van der Waals surface area contributed by atoms with Crippen molar-refractivity contribution in [2.24, 2.45) is 5.92 Å². The first-order valence-corrected chi connectivity index (χ1v) is 6.23. The summed E-state index contributed by atoms with van der Waals surface area (Å²) >= 11 is 0. The van der Waals surface area contributed by atoms with Gasteiger partial charge in [0.05, 0.1) is 0 Å². The molecular formula is C14H14F4O. The number of hydrogen-bond donors (Lipinski definition) is 0. The number of carbonyl (C=O) groups is 1. The van der Waals surface area contributed by atoms with E-state index in [1.165, 1.54) is 6.07 Å². The maximum absolute atomic E-state index is 13.2. The molecule has 2 rings (SSSR count). The molecule has 1 unspecified atom stereocenters. The summed E-state index contributed by atoms with van der Waals surface area (Å²) in [7, 11) is 0. The van der Waals surface area contributed by atoms with E-state index in [-0.39, 0.29) is 30.7 Å². The van der Waals surface area contributed by atoms with E-state index in [2.05, 4.69) is 0 Å². The highest BCUT2D eigenvalue weighted by Gasteiger charge is 2.36. The Bertz CT molecular complexity index is 484. The molecule has 0 aliphatic heterocycles. The molecule has 5 heteroatoms. The van der Waals surface area contributed by atoms with Crippen LogP contribution in [0.15, 0.2) is 18.2 Å². The van der Waals surface area contributed by atoms with Gasteiger partial charge in [0.15, 0.2) is 17.4 Å². The maximum atomic E-state index is 13.2. The van der Waals surface area contributed by atoms with E-state index < -0.39 is 23.3 Å². The van der Waals surface area contributed by atoms with Gasteiger partial charge in [0.25, 0.3) is 0 Å².